The highest BCUT2D eigenvalue weighted by molar-refractivity contribution is 5.31. The molecule has 1 N–H and O–H groups in total. The van der Waals surface area contributed by atoms with E-state index in [-0.39, 0.29) is 6.04 Å². The highest BCUT2D eigenvalue weighted by Gasteiger charge is 2.17. The van der Waals surface area contributed by atoms with E-state index < -0.39 is 0 Å². The minimum Gasteiger partial charge on any atom is -0.464 e. The van der Waals surface area contributed by atoms with E-state index in [0.29, 0.717) is 0 Å². The Morgan fingerprint density at radius 3 is 2.57 bits per heavy atom. The van der Waals surface area contributed by atoms with Crippen molar-refractivity contribution in [2.45, 2.75) is 52.5 Å². The van der Waals surface area contributed by atoms with Crippen LogP contribution < -0.4 is 5.32 Å². The predicted molar refractivity (Wildman–Crippen MR) is 88.7 cm³/mol. The molecule has 0 saturated heterocycles. The number of nitrogens with one attached hydrogen (secondary N) is 1. The molecule has 0 radical (unpaired) electrons. The second kappa shape index (κ2) is 8.04. The Bertz CT molecular complexity index is 544. The van der Waals surface area contributed by atoms with E-state index >= 15 is 0 Å². The first-order valence-electron chi connectivity index (χ1n) is 8.19. The smallest absolute Gasteiger partial charge is 0.125 e. The van der Waals surface area contributed by atoms with Crippen LogP contribution >= 0.6 is 0 Å². The largest absolute Gasteiger partial charge is 0.464 e. The number of benzene rings is 1. The third kappa shape index (κ3) is 4.21. The fourth-order valence-corrected chi connectivity index (χ4v) is 2.63. The third-order valence-electron chi connectivity index (χ3n) is 3.74. The summed E-state index contributed by atoms with van der Waals surface area (Å²) in [6.07, 6.45) is 4.37. The van der Waals surface area contributed by atoms with Gasteiger partial charge in [0.15, 0.2) is 0 Å². The molecule has 0 amide bonds. The molecule has 2 aromatic rings. The summed E-state index contributed by atoms with van der Waals surface area (Å²) in [5.74, 6) is 2.08. The van der Waals surface area contributed by atoms with E-state index in [9.17, 15) is 0 Å². The summed E-state index contributed by atoms with van der Waals surface area (Å²) in [6.45, 7) is 7.53. The van der Waals surface area contributed by atoms with Crippen molar-refractivity contribution >= 4 is 0 Å². The molecule has 1 heterocycles. The minimum absolute atomic E-state index is 0.155. The van der Waals surface area contributed by atoms with Crippen LogP contribution in [0.2, 0.25) is 0 Å². The van der Waals surface area contributed by atoms with Crippen LogP contribution in [0.4, 0.5) is 0 Å². The Hall–Kier alpha value is -1.54. The fourth-order valence-electron chi connectivity index (χ4n) is 2.63. The first kappa shape index (κ1) is 15.8. The normalized spacial score (nSPS) is 12.5. The summed E-state index contributed by atoms with van der Waals surface area (Å²) in [6, 6.07) is 13.2. The zero-order valence-corrected chi connectivity index (χ0v) is 13.5. The topological polar surface area (TPSA) is 25.2 Å². The number of hydrogen-bond acceptors (Lipinski definition) is 2. The van der Waals surface area contributed by atoms with Gasteiger partial charge in [-0.25, -0.2) is 0 Å². The van der Waals surface area contributed by atoms with Gasteiger partial charge in [-0.1, -0.05) is 51.5 Å². The molecule has 0 bridgehead atoms. The van der Waals surface area contributed by atoms with Gasteiger partial charge in [-0.3, -0.25) is 0 Å². The van der Waals surface area contributed by atoms with E-state index in [2.05, 4.69) is 62.5 Å². The van der Waals surface area contributed by atoms with E-state index in [1.54, 1.807) is 0 Å². The molecule has 0 aliphatic heterocycles. The number of rotatable bonds is 8. The van der Waals surface area contributed by atoms with Crippen molar-refractivity contribution in [1.29, 1.82) is 0 Å². The van der Waals surface area contributed by atoms with Crippen LogP contribution in [-0.2, 0) is 12.8 Å². The van der Waals surface area contributed by atoms with Crippen molar-refractivity contribution < 1.29 is 4.42 Å². The van der Waals surface area contributed by atoms with Crippen LogP contribution in [0.3, 0.4) is 0 Å². The zero-order chi connectivity index (χ0) is 15.1. The Morgan fingerprint density at radius 2 is 1.90 bits per heavy atom. The van der Waals surface area contributed by atoms with Crippen molar-refractivity contribution in [3.05, 3.63) is 59.0 Å². The first-order valence-corrected chi connectivity index (χ1v) is 8.19. The average Bonchev–Trinajstić information content (AvgIpc) is 2.97. The molecule has 1 unspecified atom stereocenters. The second-order valence-corrected chi connectivity index (χ2v) is 5.54. The van der Waals surface area contributed by atoms with Gasteiger partial charge < -0.3 is 9.73 Å². The SMILES string of the molecule is CCCNC(c1cccc(CCC)c1)c1ccc(CC)o1. The molecule has 1 atom stereocenters. The third-order valence-corrected chi connectivity index (χ3v) is 3.74. The molecule has 1 aromatic carbocycles. The lowest BCUT2D eigenvalue weighted by molar-refractivity contribution is 0.422. The van der Waals surface area contributed by atoms with Crippen molar-refractivity contribution in [3.63, 3.8) is 0 Å². The van der Waals surface area contributed by atoms with Crippen LogP contribution in [0, 0.1) is 0 Å². The van der Waals surface area contributed by atoms with Gasteiger partial charge >= 0.3 is 0 Å². The number of furan rings is 1. The van der Waals surface area contributed by atoms with E-state index in [1.807, 2.05) is 0 Å². The van der Waals surface area contributed by atoms with Crippen LogP contribution in [0.1, 0.15) is 62.3 Å². The molecule has 21 heavy (non-hydrogen) atoms. The molecule has 0 aliphatic rings. The zero-order valence-electron chi connectivity index (χ0n) is 13.5. The Morgan fingerprint density at radius 1 is 1.05 bits per heavy atom. The molecule has 114 valence electrons. The van der Waals surface area contributed by atoms with Gasteiger partial charge in [-0.15, -0.1) is 0 Å². The Labute approximate surface area is 128 Å². The first-order chi connectivity index (χ1) is 10.3. The van der Waals surface area contributed by atoms with Gasteiger partial charge in [0, 0.05) is 6.42 Å². The summed E-state index contributed by atoms with van der Waals surface area (Å²) in [5.41, 5.74) is 2.70. The molecular formula is C19H27NO. The molecule has 0 aliphatic carbocycles. The maximum absolute atomic E-state index is 5.98. The summed E-state index contributed by atoms with van der Waals surface area (Å²) in [5, 5.41) is 3.61. The van der Waals surface area contributed by atoms with Crippen LogP contribution in [0.5, 0.6) is 0 Å². The summed E-state index contributed by atoms with van der Waals surface area (Å²) >= 11 is 0. The summed E-state index contributed by atoms with van der Waals surface area (Å²) in [4.78, 5) is 0. The molecule has 2 heteroatoms. The molecular weight excluding hydrogens is 258 g/mol. The molecule has 2 nitrogen and oxygen atoms in total. The van der Waals surface area contributed by atoms with E-state index in [1.165, 1.54) is 17.5 Å². The van der Waals surface area contributed by atoms with Crippen molar-refractivity contribution in [1.82, 2.24) is 5.32 Å². The monoisotopic (exact) mass is 285 g/mol. The number of hydrogen-bond donors (Lipinski definition) is 1. The van der Waals surface area contributed by atoms with Crippen LogP contribution in [0.25, 0.3) is 0 Å². The number of aryl methyl sites for hydroxylation is 2. The molecule has 0 fully saturated rings. The highest BCUT2D eigenvalue weighted by Crippen LogP contribution is 2.25. The summed E-state index contributed by atoms with van der Waals surface area (Å²) < 4.78 is 5.98. The quantitative estimate of drug-likeness (QED) is 0.747. The maximum atomic E-state index is 5.98. The van der Waals surface area contributed by atoms with Crippen LogP contribution in [-0.4, -0.2) is 6.54 Å². The molecule has 0 saturated carbocycles. The van der Waals surface area contributed by atoms with Crippen molar-refractivity contribution in [2.75, 3.05) is 6.54 Å². The van der Waals surface area contributed by atoms with Gasteiger partial charge in [0.2, 0.25) is 0 Å². The van der Waals surface area contributed by atoms with Crippen molar-refractivity contribution in [3.8, 4) is 0 Å². The predicted octanol–water partition coefficient (Wildman–Crippen LogP) is 4.88. The lowest BCUT2D eigenvalue weighted by Gasteiger charge is -2.18. The van der Waals surface area contributed by atoms with E-state index in [4.69, 9.17) is 4.42 Å². The summed E-state index contributed by atoms with van der Waals surface area (Å²) in [7, 11) is 0. The lowest BCUT2D eigenvalue weighted by Crippen LogP contribution is -2.22. The Balaban J connectivity index is 2.28. The van der Waals surface area contributed by atoms with E-state index in [0.717, 1.165) is 37.3 Å². The maximum Gasteiger partial charge on any atom is 0.125 e. The van der Waals surface area contributed by atoms with Gasteiger partial charge in [-0.05, 0) is 42.6 Å². The molecule has 1 aromatic heterocycles. The Kier molecular flexibility index (Phi) is 6.06. The van der Waals surface area contributed by atoms with Gasteiger partial charge in [0.1, 0.15) is 11.5 Å². The fraction of sp³-hybridized carbons (Fsp3) is 0.474. The highest BCUT2D eigenvalue weighted by atomic mass is 16.3. The standard InChI is InChI=1S/C19H27NO/c1-4-8-15-9-7-10-16(14-15)19(20-13-5-2)18-12-11-17(6-3)21-18/h7,9-12,14,19-20H,4-6,8,13H2,1-3H3. The average molecular weight is 285 g/mol. The minimum atomic E-state index is 0.155. The lowest BCUT2D eigenvalue weighted by atomic mass is 10.00. The molecule has 2 rings (SSSR count). The van der Waals surface area contributed by atoms with Gasteiger partial charge in [0.25, 0.3) is 0 Å². The van der Waals surface area contributed by atoms with Gasteiger partial charge in [0.05, 0.1) is 6.04 Å². The van der Waals surface area contributed by atoms with Gasteiger partial charge in [-0.2, -0.15) is 0 Å². The second-order valence-electron chi connectivity index (χ2n) is 5.54. The van der Waals surface area contributed by atoms with Crippen LogP contribution in [0.15, 0.2) is 40.8 Å². The molecule has 0 spiro atoms. The van der Waals surface area contributed by atoms with Crippen molar-refractivity contribution in [2.24, 2.45) is 0 Å².